The summed E-state index contributed by atoms with van der Waals surface area (Å²) in [7, 11) is 1.94. The molecule has 4 rings (SSSR count). The summed E-state index contributed by atoms with van der Waals surface area (Å²) in [6.45, 7) is 2.79. The summed E-state index contributed by atoms with van der Waals surface area (Å²) in [5, 5.41) is 3.35. The van der Waals surface area contributed by atoms with Crippen LogP contribution in [0.1, 0.15) is 35.1 Å². The maximum atomic E-state index is 13.2. The number of nitrogens with zero attached hydrogens (tertiary/aromatic N) is 4. The highest BCUT2D eigenvalue weighted by atomic mass is 35.5. The van der Waals surface area contributed by atoms with E-state index in [1.807, 2.05) is 47.0 Å². The molecule has 27 heavy (non-hydrogen) atoms. The summed E-state index contributed by atoms with van der Waals surface area (Å²) < 4.78 is 1.96. The maximum Gasteiger partial charge on any atom is 0.254 e. The van der Waals surface area contributed by atoms with Gasteiger partial charge in [-0.1, -0.05) is 6.07 Å². The van der Waals surface area contributed by atoms with E-state index in [4.69, 9.17) is 0 Å². The second kappa shape index (κ2) is 8.10. The van der Waals surface area contributed by atoms with Crippen LogP contribution >= 0.6 is 12.4 Å². The number of imidazole rings is 1. The molecular formula is C19H24ClN5O2. The number of rotatable bonds is 3. The summed E-state index contributed by atoms with van der Waals surface area (Å²) in [5.41, 5.74) is 1.42. The number of amides is 2. The number of halogens is 1. The smallest absolute Gasteiger partial charge is 0.254 e. The van der Waals surface area contributed by atoms with Crippen molar-refractivity contribution < 1.29 is 9.59 Å². The van der Waals surface area contributed by atoms with Crippen molar-refractivity contribution in [3.63, 3.8) is 0 Å². The number of carbonyl (C=O) groups excluding carboxylic acids is 2. The zero-order valence-corrected chi connectivity index (χ0v) is 16.1. The van der Waals surface area contributed by atoms with Crippen LogP contribution in [0.25, 0.3) is 0 Å². The van der Waals surface area contributed by atoms with E-state index in [2.05, 4.69) is 10.3 Å². The minimum Gasteiger partial charge on any atom is -0.336 e. The summed E-state index contributed by atoms with van der Waals surface area (Å²) >= 11 is 0. The van der Waals surface area contributed by atoms with Crippen LogP contribution in [0, 0.1) is 0 Å². The Hall–Kier alpha value is -2.38. The average Bonchev–Trinajstić information content (AvgIpc) is 3.29. The van der Waals surface area contributed by atoms with Crippen molar-refractivity contribution in [2.45, 2.75) is 18.9 Å². The molecule has 2 aliphatic rings. The Labute approximate surface area is 164 Å². The highest BCUT2D eigenvalue weighted by Gasteiger charge is 2.31. The van der Waals surface area contributed by atoms with Gasteiger partial charge in [0.2, 0.25) is 5.91 Å². The van der Waals surface area contributed by atoms with E-state index in [1.165, 1.54) is 0 Å². The Bertz CT molecular complexity index is 837. The van der Waals surface area contributed by atoms with Gasteiger partial charge in [-0.2, -0.15) is 0 Å². The number of hydrogen-bond donors (Lipinski definition) is 1. The van der Waals surface area contributed by atoms with E-state index >= 15 is 0 Å². The molecule has 2 saturated heterocycles. The van der Waals surface area contributed by atoms with Crippen LogP contribution < -0.4 is 10.2 Å². The molecule has 0 radical (unpaired) electrons. The first-order valence-corrected chi connectivity index (χ1v) is 9.04. The molecule has 0 aliphatic carbocycles. The van der Waals surface area contributed by atoms with Gasteiger partial charge >= 0.3 is 0 Å². The summed E-state index contributed by atoms with van der Waals surface area (Å²) in [4.78, 5) is 33.3. The molecule has 0 saturated carbocycles. The van der Waals surface area contributed by atoms with Gasteiger partial charge in [0.25, 0.3) is 5.91 Å². The summed E-state index contributed by atoms with van der Waals surface area (Å²) in [5.74, 6) is 0.979. The lowest BCUT2D eigenvalue weighted by atomic mass is 10.1. The van der Waals surface area contributed by atoms with Crippen LogP contribution in [0.4, 0.5) is 5.69 Å². The predicted octanol–water partition coefficient (Wildman–Crippen LogP) is 1.76. The minimum atomic E-state index is -0.103. The fraction of sp³-hybridized carbons (Fsp3) is 0.421. The van der Waals surface area contributed by atoms with Crippen molar-refractivity contribution in [2.24, 2.45) is 7.05 Å². The van der Waals surface area contributed by atoms with Crippen molar-refractivity contribution in [3.8, 4) is 0 Å². The van der Waals surface area contributed by atoms with Gasteiger partial charge in [-0.15, -0.1) is 12.4 Å². The third kappa shape index (κ3) is 3.70. The zero-order valence-electron chi connectivity index (χ0n) is 15.3. The fourth-order valence-corrected chi connectivity index (χ4v) is 3.77. The Balaban J connectivity index is 0.00000210. The number of carbonyl (C=O) groups is 2. The van der Waals surface area contributed by atoms with Crippen LogP contribution in [0.3, 0.4) is 0 Å². The topological polar surface area (TPSA) is 70.5 Å². The lowest BCUT2D eigenvalue weighted by Crippen LogP contribution is -2.49. The van der Waals surface area contributed by atoms with E-state index in [0.717, 1.165) is 31.0 Å². The van der Waals surface area contributed by atoms with Crippen LogP contribution in [-0.4, -0.2) is 52.4 Å². The standard InChI is InChI=1S/C19H23N5O2.ClH/c1-22-10-8-21-18(22)16-13-20-7-11-24(16)19(26)14-4-2-5-15(12-14)23-9-3-6-17(23)25;/h2,4-5,8,10,12,16,20H,3,6-7,9,11,13H2,1H3;1H. The molecule has 144 valence electrons. The second-order valence-electron chi connectivity index (χ2n) is 6.81. The SMILES string of the molecule is Cl.Cn1ccnc1C1CNCCN1C(=O)c1cccc(N2CCCC2=O)c1. The average molecular weight is 390 g/mol. The number of hydrogen-bond acceptors (Lipinski definition) is 4. The first kappa shape index (κ1) is 19.4. The van der Waals surface area contributed by atoms with Gasteiger partial charge in [0.1, 0.15) is 11.9 Å². The maximum absolute atomic E-state index is 13.2. The quantitative estimate of drug-likeness (QED) is 0.868. The van der Waals surface area contributed by atoms with E-state index < -0.39 is 0 Å². The second-order valence-corrected chi connectivity index (χ2v) is 6.81. The van der Waals surface area contributed by atoms with Crippen molar-refractivity contribution >= 4 is 29.9 Å². The molecule has 2 fully saturated rings. The van der Waals surface area contributed by atoms with Crippen molar-refractivity contribution in [3.05, 3.63) is 48.0 Å². The number of aromatic nitrogens is 2. The zero-order chi connectivity index (χ0) is 18.1. The minimum absolute atomic E-state index is 0. The van der Waals surface area contributed by atoms with Crippen LogP contribution in [0.5, 0.6) is 0 Å². The Morgan fingerprint density at radius 2 is 2.15 bits per heavy atom. The molecular weight excluding hydrogens is 366 g/mol. The Morgan fingerprint density at radius 3 is 2.85 bits per heavy atom. The third-order valence-electron chi connectivity index (χ3n) is 5.14. The molecule has 1 N–H and O–H groups in total. The van der Waals surface area contributed by atoms with Gasteiger partial charge in [0, 0.05) is 63.3 Å². The fourth-order valence-electron chi connectivity index (χ4n) is 3.77. The lowest BCUT2D eigenvalue weighted by molar-refractivity contribution is -0.117. The van der Waals surface area contributed by atoms with Gasteiger partial charge in [-0.25, -0.2) is 4.98 Å². The molecule has 0 spiro atoms. The molecule has 1 unspecified atom stereocenters. The monoisotopic (exact) mass is 389 g/mol. The summed E-state index contributed by atoms with van der Waals surface area (Å²) in [6, 6.07) is 7.31. The molecule has 3 heterocycles. The molecule has 2 amide bonds. The number of aryl methyl sites for hydroxylation is 1. The van der Waals surface area contributed by atoms with Gasteiger partial charge in [-0.05, 0) is 24.6 Å². The Morgan fingerprint density at radius 1 is 1.30 bits per heavy atom. The van der Waals surface area contributed by atoms with Crippen LogP contribution in [-0.2, 0) is 11.8 Å². The van der Waals surface area contributed by atoms with Crippen molar-refractivity contribution in [2.75, 3.05) is 31.1 Å². The van der Waals surface area contributed by atoms with E-state index in [0.29, 0.717) is 25.1 Å². The molecule has 1 aromatic heterocycles. The molecule has 7 nitrogen and oxygen atoms in total. The number of piperazine rings is 1. The third-order valence-corrected chi connectivity index (χ3v) is 5.14. The first-order valence-electron chi connectivity index (χ1n) is 9.04. The van der Waals surface area contributed by atoms with Gasteiger partial charge < -0.3 is 19.7 Å². The summed E-state index contributed by atoms with van der Waals surface area (Å²) in [6.07, 6.45) is 5.10. The van der Waals surface area contributed by atoms with E-state index in [-0.39, 0.29) is 30.3 Å². The lowest BCUT2D eigenvalue weighted by Gasteiger charge is -2.36. The van der Waals surface area contributed by atoms with Crippen molar-refractivity contribution in [1.82, 2.24) is 19.8 Å². The highest BCUT2D eigenvalue weighted by Crippen LogP contribution is 2.26. The largest absolute Gasteiger partial charge is 0.336 e. The Kier molecular flexibility index (Phi) is 5.82. The molecule has 8 heteroatoms. The van der Waals surface area contributed by atoms with Crippen molar-refractivity contribution in [1.29, 1.82) is 0 Å². The van der Waals surface area contributed by atoms with Gasteiger partial charge in [0.15, 0.2) is 0 Å². The normalized spacial score (nSPS) is 19.9. The highest BCUT2D eigenvalue weighted by molar-refractivity contribution is 5.99. The first-order chi connectivity index (χ1) is 12.6. The number of benzene rings is 1. The van der Waals surface area contributed by atoms with Crippen LogP contribution in [0.15, 0.2) is 36.7 Å². The molecule has 0 bridgehead atoms. The molecule has 2 aromatic rings. The predicted molar refractivity (Wildman–Crippen MR) is 105 cm³/mol. The van der Waals surface area contributed by atoms with Gasteiger partial charge in [0.05, 0.1) is 0 Å². The molecule has 1 aromatic carbocycles. The van der Waals surface area contributed by atoms with E-state index in [1.54, 1.807) is 11.1 Å². The molecule has 1 atom stereocenters. The molecule has 2 aliphatic heterocycles. The van der Waals surface area contributed by atoms with E-state index in [9.17, 15) is 9.59 Å². The van der Waals surface area contributed by atoms with Gasteiger partial charge in [-0.3, -0.25) is 9.59 Å². The number of nitrogens with one attached hydrogen (secondary N) is 1. The number of anilines is 1. The van der Waals surface area contributed by atoms with Crippen LogP contribution in [0.2, 0.25) is 0 Å².